The van der Waals surface area contributed by atoms with Crippen molar-refractivity contribution in [2.75, 3.05) is 13.1 Å². The molecular weight excluding hydrogens is 419 g/mol. The van der Waals surface area contributed by atoms with Crippen molar-refractivity contribution >= 4 is 29.9 Å². The average molecular weight is 446 g/mol. The largest absolute Gasteiger partial charge is 0.469 e. The molecule has 0 fully saturated rings. The molecule has 2 heterocycles. The highest BCUT2D eigenvalue weighted by molar-refractivity contribution is 14.0. The number of hydrogen-bond donors (Lipinski definition) is 2. The van der Waals surface area contributed by atoms with Gasteiger partial charge in [0.2, 0.25) is 0 Å². The summed E-state index contributed by atoms with van der Waals surface area (Å²) in [5, 5.41) is 14.5. The molecule has 0 aliphatic carbocycles. The second kappa shape index (κ2) is 11.9. The van der Waals surface area contributed by atoms with Gasteiger partial charge >= 0.3 is 0 Å². The molecule has 0 saturated carbocycles. The van der Waals surface area contributed by atoms with Crippen LogP contribution in [0.5, 0.6) is 0 Å². The molecule has 8 heteroatoms. The molecule has 2 aromatic heterocycles. The smallest absolute Gasteiger partial charge is 0.191 e. The number of rotatable bonds is 9. The Morgan fingerprint density at radius 2 is 2.33 bits per heavy atom. The maximum atomic E-state index is 5.34. The van der Waals surface area contributed by atoms with Gasteiger partial charge in [-0.05, 0) is 31.9 Å². The first-order chi connectivity index (χ1) is 11.3. The molecule has 0 bridgehead atoms. The molecule has 0 aliphatic rings. The molecule has 1 unspecified atom stereocenters. The lowest BCUT2D eigenvalue weighted by molar-refractivity contribution is 0.506. The summed E-state index contributed by atoms with van der Waals surface area (Å²) < 4.78 is 7.16. The molecule has 0 aliphatic heterocycles. The van der Waals surface area contributed by atoms with Crippen molar-refractivity contribution in [2.45, 2.75) is 45.7 Å². The Hall–Kier alpha value is -1.58. The third-order valence-corrected chi connectivity index (χ3v) is 3.53. The Morgan fingerprint density at radius 1 is 1.46 bits per heavy atom. The zero-order valence-corrected chi connectivity index (χ0v) is 16.6. The van der Waals surface area contributed by atoms with Crippen LogP contribution >= 0.6 is 24.0 Å². The van der Waals surface area contributed by atoms with Gasteiger partial charge in [0.25, 0.3) is 0 Å². The van der Waals surface area contributed by atoms with Gasteiger partial charge in [-0.1, -0.05) is 12.1 Å². The zero-order chi connectivity index (χ0) is 16.3. The summed E-state index contributed by atoms with van der Waals surface area (Å²) in [5.41, 5.74) is 0. The first-order valence-corrected chi connectivity index (χ1v) is 8.19. The van der Waals surface area contributed by atoms with Crippen LogP contribution in [0.4, 0.5) is 0 Å². The summed E-state index contributed by atoms with van der Waals surface area (Å²) in [6.45, 7) is 6.67. The van der Waals surface area contributed by atoms with Gasteiger partial charge in [-0.2, -0.15) is 0 Å². The van der Waals surface area contributed by atoms with Crippen LogP contribution in [0.25, 0.3) is 0 Å². The van der Waals surface area contributed by atoms with Gasteiger partial charge in [0.1, 0.15) is 5.76 Å². The topological polar surface area (TPSA) is 80.3 Å². The second-order valence-corrected chi connectivity index (χ2v) is 5.46. The summed E-state index contributed by atoms with van der Waals surface area (Å²) in [4.78, 5) is 4.63. The van der Waals surface area contributed by atoms with Crippen molar-refractivity contribution < 1.29 is 4.42 Å². The Labute approximate surface area is 160 Å². The molecule has 2 N–H and O–H groups in total. The summed E-state index contributed by atoms with van der Waals surface area (Å²) in [6, 6.07) is 4.28. The minimum atomic E-state index is 0. The van der Waals surface area contributed by atoms with Crippen molar-refractivity contribution in [3.63, 3.8) is 0 Å². The van der Waals surface area contributed by atoms with E-state index in [1.807, 2.05) is 23.0 Å². The average Bonchev–Trinajstić information content (AvgIpc) is 3.24. The lowest BCUT2D eigenvalue weighted by Crippen LogP contribution is -2.42. The Bertz CT molecular complexity index is 555. The van der Waals surface area contributed by atoms with E-state index in [0.29, 0.717) is 6.04 Å². The number of halogens is 1. The Balaban J connectivity index is 0.00000288. The van der Waals surface area contributed by atoms with Crippen LogP contribution in [0.3, 0.4) is 0 Å². The van der Waals surface area contributed by atoms with Gasteiger partial charge in [0.15, 0.2) is 5.96 Å². The van der Waals surface area contributed by atoms with Gasteiger partial charge in [0.05, 0.1) is 12.5 Å². The van der Waals surface area contributed by atoms with E-state index >= 15 is 0 Å². The minimum Gasteiger partial charge on any atom is -0.469 e. The molecule has 0 saturated heterocycles. The Kier molecular flexibility index (Phi) is 10.1. The molecular formula is C16H27IN6O. The van der Waals surface area contributed by atoms with Crippen LogP contribution in [-0.2, 0) is 13.0 Å². The fraction of sp³-hybridized carbons (Fsp3) is 0.562. The SMILES string of the molecule is CCC(C)NC(=NCCCn1ccnn1)NCCc1ccco1.I. The third kappa shape index (κ3) is 7.80. The van der Waals surface area contributed by atoms with Gasteiger partial charge < -0.3 is 15.1 Å². The van der Waals surface area contributed by atoms with E-state index in [4.69, 9.17) is 4.42 Å². The predicted octanol–water partition coefficient (Wildman–Crippen LogP) is 2.46. The number of aromatic nitrogens is 3. The highest BCUT2D eigenvalue weighted by atomic mass is 127. The molecule has 0 aromatic carbocycles. The number of aliphatic imine (C=N–C) groups is 1. The van der Waals surface area contributed by atoms with Crippen molar-refractivity contribution in [1.82, 2.24) is 25.6 Å². The van der Waals surface area contributed by atoms with E-state index in [9.17, 15) is 0 Å². The maximum Gasteiger partial charge on any atom is 0.191 e. The highest BCUT2D eigenvalue weighted by Gasteiger charge is 2.04. The maximum absolute atomic E-state index is 5.34. The lowest BCUT2D eigenvalue weighted by Gasteiger charge is -2.16. The van der Waals surface area contributed by atoms with Gasteiger partial charge in [-0.3, -0.25) is 9.67 Å². The number of aryl methyl sites for hydroxylation is 1. The fourth-order valence-electron chi connectivity index (χ4n) is 2.02. The van der Waals surface area contributed by atoms with Crippen LogP contribution in [0.15, 0.2) is 40.2 Å². The van der Waals surface area contributed by atoms with Gasteiger partial charge in [-0.15, -0.1) is 29.1 Å². The number of furan rings is 1. The molecule has 0 amide bonds. The summed E-state index contributed by atoms with van der Waals surface area (Å²) in [7, 11) is 0. The minimum absolute atomic E-state index is 0. The number of guanidine groups is 1. The number of nitrogens with zero attached hydrogens (tertiary/aromatic N) is 4. The Morgan fingerprint density at radius 3 is 3.00 bits per heavy atom. The quantitative estimate of drug-likeness (QED) is 0.268. The third-order valence-electron chi connectivity index (χ3n) is 3.53. The number of hydrogen-bond acceptors (Lipinski definition) is 4. The first kappa shape index (κ1) is 20.5. The van der Waals surface area contributed by atoms with Crippen molar-refractivity contribution in [1.29, 1.82) is 0 Å². The van der Waals surface area contributed by atoms with Gasteiger partial charge in [0, 0.05) is 38.3 Å². The zero-order valence-electron chi connectivity index (χ0n) is 14.3. The summed E-state index contributed by atoms with van der Waals surface area (Å²) in [6.07, 6.45) is 8.07. The summed E-state index contributed by atoms with van der Waals surface area (Å²) >= 11 is 0. The first-order valence-electron chi connectivity index (χ1n) is 8.19. The second-order valence-electron chi connectivity index (χ2n) is 5.46. The van der Waals surface area contributed by atoms with E-state index in [0.717, 1.165) is 50.6 Å². The molecule has 1 atom stereocenters. The molecule has 0 radical (unpaired) electrons. The monoisotopic (exact) mass is 446 g/mol. The van der Waals surface area contributed by atoms with Gasteiger partial charge in [-0.25, -0.2) is 0 Å². The van der Waals surface area contributed by atoms with E-state index in [2.05, 4.69) is 39.8 Å². The highest BCUT2D eigenvalue weighted by Crippen LogP contribution is 1.99. The molecule has 134 valence electrons. The molecule has 7 nitrogen and oxygen atoms in total. The van der Waals surface area contributed by atoms with E-state index in [-0.39, 0.29) is 24.0 Å². The van der Waals surface area contributed by atoms with Crippen molar-refractivity contribution in [3.8, 4) is 0 Å². The van der Waals surface area contributed by atoms with Crippen molar-refractivity contribution in [3.05, 3.63) is 36.5 Å². The molecule has 2 rings (SSSR count). The van der Waals surface area contributed by atoms with Crippen molar-refractivity contribution in [2.24, 2.45) is 4.99 Å². The molecule has 0 spiro atoms. The van der Waals surface area contributed by atoms with Crippen LogP contribution in [0.1, 0.15) is 32.4 Å². The van der Waals surface area contributed by atoms with Crippen LogP contribution in [0, 0.1) is 0 Å². The predicted molar refractivity (Wildman–Crippen MR) is 106 cm³/mol. The normalized spacial score (nSPS) is 12.5. The molecule has 2 aromatic rings. The van der Waals surface area contributed by atoms with Crippen LogP contribution < -0.4 is 10.6 Å². The summed E-state index contributed by atoms with van der Waals surface area (Å²) in [5.74, 6) is 1.83. The van der Waals surface area contributed by atoms with Crippen LogP contribution in [-0.4, -0.2) is 40.1 Å². The van der Waals surface area contributed by atoms with Crippen LogP contribution in [0.2, 0.25) is 0 Å². The lowest BCUT2D eigenvalue weighted by atomic mass is 10.3. The molecule has 24 heavy (non-hydrogen) atoms. The van der Waals surface area contributed by atoms with E-state index in [1.54, 1.807) is 12.5 Å². The van der Waals surface area contributed by atoms with E-state index < -0.39 is 0 Å². The standard InChI is InChI=1S/C16H26N6O.HI/c1-3-14(2)20-16(18-9-7-15-6-4-13-23-15)17-8-5-11-22-12-10-19-21-22;/h4,6,10,12-14H,3,5,7-9,11H2,1-2H3,(H2,17,18,20);1H. The fourth-order valence-corrected chi connectivity index (χ4v) is 2.02. The number of nitrogens with one attached hydrogen (secondary N) is 2. The van der Waals surface area contributed by atoms with E-state index in [1.165, 1.54) is 0 Å².